The van der Waals surface area contributed by atoms with E-state index >= 15 is 4.39 Å². The van der Waals surface area contributed by atoms with E-state index in [9.17, 15) is 43.5 Å². The van der Waals surface area contributed by atoms with Gasteiger partial charge in [0.05, 0.1) is 60.3 Å². The minimum absolute atomic E-state index is 0.0282. The van der Waals surface area contributed by atoms with Crippen LogP contribution in [-0.2, 0) is 74.6 Å². The molecule has 4 aromatic carbocycles. The van der Waals surface area contributed by atoms with Gasteiger partial charge in [-0.15, -0.1) is 0 Å². The molecular weight excluding hydrogens is 1040 g/mol. The SMILES string of the molecule is CC[C@@]1(O)C(=O)OCc2c1cc1n(c2=O)Cc2c-1nc1cc(F)c(C)c3c1c2[C@@H](NC(=O)C1CC(OCNC(=O)CNC(=O)[C@H](Cc2ccccc2)NC(=O)CNC(=O)COC(=O)N(C)C2c4ccccc4-c4ccccc42)C1)CC3. The zero-order valence-corrected chi connectivity index (χ0v) is 44.7. The van der Waals surface area contributed by atoms with Crippen LogP contribution in [0.3, 0.4) is 0 Å². The third-order valence-electron chi connectivity index (χ3n) is 16.4. The van der Waals surface area contributed by atoms with E-state index in [1.165, 1.54) is 15.5 Å². The van der Waals surface area contributed by atoms with Crippen molar-refractivity contribution >= 4 is 52.5 Å². The second-order valence-electron chi connectivity index (χ2n) is 21.2. The first-order valence-electron chi connectivity index (χ1n) is 27.0. The molecule has 1 saturated carbocycles. The topological polar surface area (TPSA) is 266 Å². The van der Waals surface area contributed by atoms with E-state index in [2.05, 4.69) is 26.6 Å². The number of carbonyl (C=O) groups is 7. The number of halogens is 1. The monoisotopic (exact) mass is 1100 g/mol. The zero-order chi connectivity index (χ0) is 56.9. The number of benzene rings is 4. The lowest BCUT2D eigenvalue weighted by Crippen LogP contribution is -2.52. The lowest BCUT2D eigenvalue weighted by molar-refractivity contribution is -0.172. The Morgan fingerprint density at radius 1 is 0.877 bits per heavy atom. The molecule has 21 heteroatoms. The van der Waals surface area contributed by atoms with Crippen molar-refractivity contribution in [2.24, 2.45) is 5.92 Å². The third-order valence-corrected chi connectivity index (χ3v) is 16.4. The highest BCUT2D eigenvalue weighted by molar-refractivity contribution is 5.95. The Balaban J connectivity index is 0.650. The van der Waals surface area contributed by atoms with Crippen LogP contribution >= 0.6 is 0 Å². The fraction of sp³-hybridized carbons (Fsp3) is 0.350. The van der Waals surface area contributed by atoms with Crippen LogP contribution < -0.4 is 32.1 Å². The summed E-state index contributed by atoms with van der Waals surface area (Å²) >= 11 is 0. The van der Waals surface area contributed by atoms with E-state index in [-0.39, 0.29) is 55.9 Å². The van der Waals surface area contributed by atoms with Crippen molar-refractivity contribution in [1.82, 2.24) is 41.0 Å². The Labute approximate surface area is 463 Å². The molecular formula is C60H59FN8O12. The molecule has 2 aromatic heterocycles. The minimum atomic E-state index is -2.03. The number of hydrogen-bond donors (Lipinski definition) is 6. The maximum Gasteiger partial charge on any atom is 0.410 e. The van der Waals surface area contributed by atoms with Gasteiger partial charge < -0.3 is 55.4 Å². The van der Waals surface area contributed by atoms with Crippen molar-refractivity contribution in [3.63, 3.8) is 0 Å². The second-order valence-corrected chi connectivity index (χ2v) is 21.2. The van der Waals surface area contributed by atoms with Gasteiger partial charge in [0.25, 0.3) is 11.5 Å². The van der Waals surface area contributed by atoms with E-state index in [0.29, 0.717) is 53.7 Å². The molecule has 0 saturated heterocycles. The summed E-state index contributed by atoms with van der Waals surface area (Å²) in [5.41, 5.74) is 6.26. The van der Waals surface area contributed by atoms with Gasteiger partial charge >= 0.3 is 12.1 Å². The maximum absolute atomic E-state index is 15.4. The number of ether oxygens (including phenoxy) is 3. The highest BCUT2D eigenvalue weighted by Crippen LogP contribution is 2.48. The van der Waals surface area contributed by atoms with Crippen LogP contribution in [0, 0.1) is 18.7 Å². The first-order chi connectivity index (χ1) is 39.0. The lowest BCUT2D eigenvalue weighted by Gasteiger charge is -2.36. The molecule has 1 fully saturated rings. The summed E-state index contributed by atoms with van der Waals surface area (Å²) in [4.78, 5) is 113. The maximum atomic E-state index is 15.4. The molecule has 0 radical (unpaired) electrons. The molecule has 0 bridgehead atoms. The summed E-state index contributed by atoms with van der Waals surface area (Å²) in [6.45, 7) is 1.30. The summed E-state index contributed by atoms with van der Waals surface area (Å²) in [7, 11) is 1.59. The number of rotatable bonds is 17. The fourth-order valence-electron chi connectivity index (χ4n) is 11.9. The Bertz CT molecular complexity index is 3610. The largest absolute Gasteiger partial charge is 0.458 e. The summed E-state index contributed by atoms with van der Waals surface area (Å²) < 4.78 is 33.4. The Hall–Kier alpha value is -8.82. The fourth-order valence-corrected chi connectivity index (χ4v) is 11.9. The molecule has 0 spiro atoms. The van der Waals surface area contributed by atoms with Crippen molar-refractivity contribution in [2.45, 2.75) is 95.4 Å². The third kappa shape index (κ3) is 10.2. The van der Waals surface area contributed by atoms with Crippen LogP contribution in [0.15, 0.2) is 95.8 Å². The number of nitrogens with one attached hydrogen (secondary N) is 5. The Morgan fingerprint density at radius 3 is 2.28 bits per heavy atom. The molecule has 5 aliphatic rings. The van der Waals surface area contributed by atoms with Crippen molar-refractivity contribution in [3.05, 3.63) is 157 Å². The van der Waals surface area contributed by atoms with Gasteiger partial charge in [-0.3, -0.25) is 28.8 Å². The van der Waals surface area contributed by atoms with Gasteiger partial charge in [0.1, 0.15) is 25.2 Å². The van der Waals surface area contributed by atoms with Crippen LogP contribution in [-0.4, -0.2) is 107 Å². The zero-order valence-electron chi connectivity index (χ0n) is 44.7. The first-order valence-corrected chi connectivity index (χ1v) is 27.0. The molecule has 20 nitrogen and oxygen atoms in total. The van der Waals surface area contributed by atoms with Crippen LogP contribution in [0.2, 0.25) is 0 Å². The van der Waals surface area contributed by atoms with Crippen LogP contribution in [0.25, 0.3) is 33.4 Å². The van der Waals surface area contributed by atoms with Crippen LogP contribution in [0.4, 0.5) is 9.18 Å². The number of aryl methyl sites for hydroxylation is 1. The molecule has 4 heterocycles. The summed E-state index contributed by atoms with van der Waals surface area (Å²) in [6.07, 6.45) is 0.580. The number of nitrogens with zero attached hydrogens (tertiary/aromatic N) is 3. The standard InChI is InChI=1S/C60H59FN8O12/c1-4-60(78)42-23-47-53-40(27-69(47)57(75)41(42)28-79-58(60)76)52-44(19-18-35-31(2)43(61)24-45(66-53)51(35)52)67-55(73)33-21-34(22-33)81-30-64-48(70)25-63-56(74)46(20-32-12-6-5-7-13-32)65-49(71)26-62-50(72)29-80-59(77)68(3)54-38-16-10-8-14-36(38)37-15-9-11-17-39(37)54/h5-17,23-24,33-34,44,46,54,78H,4,18-22,25-30H2,1-3H3,(H,62,72)(H,63,74)(H,64,70)(H,65,71)(H,67,73)/t33?,34?,44-,46-,60-/m0/s1. The van der Waals surface area contributed by atoms with E-state index in [1.54, 1.807) is 57.3 Å². The Morgan fingerprint density at radius 2 is 1.57 bits per heavy atom. The van der Waals surface area contributed by atoms with E-state index < -0.39 is 96.4 Å². The van der Waals surface area contributed by atoms with Gasteiger partial charge in [-0.25, -0.2) is 19.0 Å². The summed E-state index contributed by atoms with van der Waals surface area (Å²) in [6, 6.07) is 25.3. The van der Waals surface area contributed by atoms with Gasteiger partial charge in [-0.1, -0.05) is 85.8 Å². The van der Waals surface area contributed by atoms with Gasteiger partial charge in [0.2, 0.25) is 23.6 Å². The predicted molar refractivity (Wildman–Crippen MR) is 290 cm³/mol. The number of pyridine rings is 2. The summed E-state index contributed by atoms with van der Waals surface area (Å²) in [5, 5.41) is 25.6. The minimum Gasteiger partial charge on any atom is -0.458 e. The number of aliphatic hydroxyl groups is 1. The van der Waals surface area contributed by atoms with Gasteiger partial charge in [-0.2, -0.15) is 0 Å². The molecule has 418 valence electrons. The van der Waals surface area contributed by atoms with Crippen LogP contribution in [0.1, 0.15) is 94.8 Å². The molecule has 0 unspecified atom stereocenters. The molecule has 11 rings (SSSR count). The number of amides is 6. The summed E-state index contributed by atoms with van der Waals surface area (Å²) in [5.74, 6) is -4.59. The highest BCUT2D eigenvalue weighted by atomic mass is 19.1. The molecule has 2 aliphatic heterocycles. The van der Waals surface area contributed by atoms with Crippen molar-refractivity contribution in [1.29, 1.82) is 0 Å². The Kier molecular flexibility index (Phi) is 14.7. The molecule has 3 atom stereocenters. The molecule has 6 amide bonds. The lowest BCUT2D eigenvalue weighted by atomic mass is 9.79. The number of fused-ring (bicyclic) bond motifs is 8. The number of aromatic nitrogens is 2. The molecule has 6 aromatic rings. The van der Waals surface area contributed by atoms with Crippen molar-refractivity contribution < 1.29 is 57.3 Å². The number of cyclic esters (lactones) is 1. The van der Waals surface area contributed by atoms with Crippen LogP contribution in [0.5, 0.6) is 0 Å². The quantitative estimate of drug-likeness (QED) is 0.0550. The normalized spacial score (nSPS) is 19.3. The molecule has 3 aliphatic carbocycles. The predicted octanol–water partition coefficient (Wildman–Crippen LogP) is 4.30. The first kappa shape index (κ1) is 54.2. The average Bonchev–Trinajstić information content (AvgIpc) is 2.84. The van der Waals surface area contributed by atoms with E-state index in [4.69, 9.17) is 19.2 Å². The highest BCUT2D eigenvalue weighted by Gasteiger charge is 2.46. The van der Waals surface area contributed by atoms with E-state index in [1.807, 2.05) is 48.5 Å². The smallest absolute Gasteiger partial charge is 0.410 e. The number of esters is 1. The second kappa shape index (κ2) is 22.0. The number of carbonyl (C=O) groups excluding carboxylic acids is 7. The average molecular weight is 1100 g/mol. The van der Waals surface area contributed by atoms with Crippen molar-refractivity contribution in [2.75, 3.05) is 33.5 Å². The molecule has 81 heavy (non-hydrogen) atoms. The van der Waals surface area contributed by atoms with Gasteiger partial charge in [0.15, 0.2) is 12.2 Å². The molecule has 6 N–H and O–H groups in total. The van der Waals surface area contributed by atoms with Gasteiger partial charge in [0, 0.05) is 42.0 Å². The van der Waals surface area contributed by atoms with E-state index in [0.717, 1.165) is 44.3 Å². The number of hydrogen-bond acceptors (Lipinski definition) is 13. The van der Waals surface area contributed by atoms with Crippen molar-refractivity contribution in [3.8, 4) is 22.5 Å². The van der Waals surface area contributed by atoms with Gasteiger partial charge in [-0.05, 0) is 89.6 Å².